The number of amides is 1. The molecular weight excluding hydrogens is 360 g/mol. The van der Waals surface area contributed by atoms with Gasteiger partial charge < -0.3 is 4.90 Å². The van der Waals surface area contributed by atoms with E-state index in [9.17, 15) is 13.2 Å². The van der Waals surface area contributed by atoms with Gasteiger partial charge in [0.1, 0.15) is 0 Å². The Hall–Kier alpha value is -2.18. The first-order valence-electron chi connectivity index (χ1n) is 8.97. The maximum atomic E-state index is 12.4. The number of nitrogens with zero attached hydrogens (tertiary/aromatic N) is 1. The van der Waals surface area contributed by atoms with E-state index in [0.717, 1.165) is 22.3 Å². The maximum absolute atomic E-state index is 12.4. The summed E-state index contributed by atoms with van der Waals surface area (Å²) in [6.07, 6.45) is 0.117. The smallest absolute Gasteiger partial charge is 0.240 e. The van der Waals surface area contributed by atoms with Crippen LogP contribution in [-0.2, 0) is 21.4 Å². The van der Waals surface area contributed by atoms with Crippen molar-refractivity contribution in [3.63, 3.8) is 0 Å². The molecule has 0 atom stereocenters. The lowest BCUT2D eigenvalue weighted by atomic mass is 10.1. The molecule has 0 aliphatic rings. The number of carbonyl (C=O) groups is 1. The quantitative estimate of drug-likeness (QED) is 0.792. The number of carbonyl (C=O) groups excluding carboxylic acids is 1. The van der Waals surface area contributed by atoms with Crippen LogP contribution in [0.2, 0.25) is 0 Å². The molecule has 0 heterocycles. The molecule has 0 unspecified atom stereocenters. The Bertz CT molecular complexity index is 936. The number of rotatable bonds is 7. The topological polar surface area (TPSA) is 66.5 Å². The molecular formula is C21H28N2O3S. The normalized spacial score (nSPS) is 11.4. The molecule has 146 valence electrons. The average Bonchev–Trinajstić information content (AvgIpc) is 2.59. The molecule has 0 aromatic heterocycles. The van der Waals surface area contributed by atoms with E-state index in [2.05, 4.69) is 10.8 Å². The van der Waals surface area contributed by atoms with Gasteiger partial charge in [0.05, 0.1) is 4.90 Å². The Morgan fingerprint density at radius 2 is 1.67 bits per heavy atom. The molecule has 5 nitrogen and oxygen atoms in total. The molecule has 0 radical (unpaired) electrons. The molecule has 6 heteroatoms. The summed E-state index contributed by atoms with van der Waals surface area (Å²) in [6, 6.07) is 11.2. The molecule has 1 amide bonds. The standard InChI is InChI=1S/C21H28N2O3S/c1-15-6-8-19(18(4)12-15)14-23(5)21(24)10-11-22-27(25,26)20-9-7-16(2)17(3)13-20/h6-9,12-13,22H,10-11,14H2,1-5H3. The summed E-state index contributed by atoms with van der Waals surface area (Å²) >= 11 is 0. The van der Waals surface area contributed by atoms with Crippen molar-refractivity contribution in [2.75, 3.05) is 13.6 Å². The van der Waals surface area contributed by atoms with Crippen molar-refractivity contribution in [1.29, 1.82) is 0 Å². The molecule has 0 bridgehead atoms. The predicted octanol–water partition coefficient (Wildman–Crippen LogP) is 3.25. The highest BCUT2D eigenvalue weighted by Crippen LogP contribution is 2.15. The van der Waals surface area contributed by atoms with Crippen LogP contribution < -0.4 is 4.72 Å². The molecule has 2 aromatic carbocycles. The van der Waals surface area contributed by atoms with E-state index in [1.54, 1.807) is 30.1 Å². The first-order chi connectivity index (χ1) is 12.6. The molecule has 0 saturated heterocycles. The van der Waals surface area contributed by atoms with Crippen LogP contribution in [0.5, 0.6) is 0 Å². The highest BCUT2D eigenvalue weighted by atomic mass is 32.2. The van der Waals surface area contributed by atoms with Crippen molar-refractivity contribution < 1.29 is 13.2 Å². The van der Waals surface area contributed by atoms with E-state index in [0.29, 0.717) is 6.54 Å². The third-order valence-corrected chi connectivity index (χ3v) is 6.21. The molecule has 2 rings (SSSR count). The highest BCUT2D eigenvalue weighted by molar-refractivity contribution is 7.89. The summed E-state index contributed by atoms with van der Waals surface area (Å²) < 4.78 is 27.3. The molecule has 27 heavy (non-hydrogen) atoms. The molecule has 1 N–H and O–H groups in total. The summed E-state index contributed by atoms with van der Waals surface area (Å²) in [4.78, 5) is 14.2. The van der Waals surface area contributed by atoms with Gasteiger partial charge in [0, 0.05) is 26.6 Å². The van der Waals surface area contributed by atoms with Gasteiger partial charge in [-0.05, 0) is 62.1 Å². The van der Waals surface area contributed by atoms with Crippen LogP contribution >= 0.6 is 0 Å². The molecule has 2 aromatic rings. The van der Waals surface area contributed by atoms with E-state index >= 15 is 0 Å². The fourth-order valence-corrected chi connectivity index (χ4v) is 3.93. The van der Waals surface area contributed by atoms with Crippen LogP contribution in [0.1, 0.15) is 34.2 Å². The van der Waals surface area contributed by atoms with Crippen molar-refractivity contribution in [2.45, 2.75) is 45.6 Å². The Balaban J connectivity index is 1.91. The Morgan fingerprint density at radius 3 is 2.30 bits per heavy atom. The second-order valence-corrected chi connectivity index (χ2v) is 8.84. The van der Waals surface area contributed by atoms with Gasteiger partial charge >= 0.3 is 0 Å². The Kier molecular flexibility index (Phi) is 6.78. The third kappa shape index (κ3) is 5.65. The lowest BCUT2D eigenvalue weighted by molar-refractivity contribution is -0.130. The zero-order chi connectivity index (χ0) is 20.2. The number of aryl methyl sites for hydroxylation is 4. The van der Waals surface area contributed by atoms with Gasteiger partial charge in [-0.1, -0.05) is 29.8 Å². The molecule has 0 saturated carbocycles. The molecule has 0 aliphatic carbocycles. The summed E-state index contributed by atoms with van der Waals surface area (Å²) in [5.41, 5.74) is 5.38. The zero-order valence-corrected chi connectivity index (χ0v) is 17.5. The van der Waals surface area contributed by atoms with Crippen LogP contribution in [0.25, 0.3) is 0 Å². The fourth-order valence-electron chi connectivity index (χ4n) is 2.81. The van der Waals surface area contributed by atoms with E-state index in [4.69, 9.17) is 0 Å². The summed E-state index contributed by atoms with van der Waals surface area (Å²) in [5.74, 6) is -0.0993. The first-order valence-corrected chi connectivity index (χ1v) is 10.5. The highest BCUT2D eigenvalue weighted by Gasteiger charge is 2.16. The van der Waals surface area contributed by atoms with Crippen molar-refractivity contribution >= 4 is 15.9 Å². The number of hydrogen-bond donors (Lipinski definition) is 1. The maximum Gasteiger partial charge on any atom is 0.240 e. The Labute approximate surface area is 162 Å². The van der Waals surface area contributed by atoms with Gasteiger partial charge in [-0.15, -0.1) is 0 Å². The van der Waals surface area contributed by atoms with Crippen LogP contribution in [0.3, 0.4) is 0 Å². The van der Waals surface area contributed by atoms with Gasteiger partial charge in [-0.3, -0.25) is 4.79 Å². The van der Waals surface area contributed by atoms with Crippen molar-refractivity contribution in [3.05, 3.63) is 64.2 Å². The van der Waals surface area contributed by atoms with Crippen LogP contribution in [-0.4, -0.2) is 32.8 Å². The second kappa shape index (κ2) is 8.67. The summed E-state index contributed by atoms with van der Waals surface area (Å²) in [5, 5.41) is 0. The summed E-state index contributed by atoms with van der Waals surface area (Å²) in [6.45, 7) is 8.45. The van der Waals surface area contributed by atoms with Gasteiger partial charge in [0.25, 0.3) is 0 Å². The van der Waals surface area contributed by atoms with Gasteiger partial charge in [-0.2, -0.15) is 0 Å². The van der Waals surface area contributed by atoms with Crippen LogP contribution in [0.15, 0.2) is 41.3 Å². The summed E-state index contributed by atoms with van der Waals surface area (Å²) in [7, 11) is -1.88. The van der Waals surface area contributed by atoms with Gasteiger partial charge in [0.15, 0.2) is 0 Å². The number of hydrogen-bond acceptors (Lipinski definition) is 3. The van der Waals surface area contributed by atoms with E-state index in [1.807, 2.05) is 39.8 Å². The van der Waals surface area contributed by atoms with E-state index in [-0.39, 0.29) is 23.8 Å². The first kappa shape index (κ1) is 21.1. The fraction of sp³-hybridized carbons (Fsp3) is 0.381. The molecule has 0 aliphatic heterocycles. The largest absolute Gasteiger partial charge is 0.341 e. The minimum absolute atomic E-state index is 0.0747. The van der Waals surface area contributed by atoms with Crippen LogP contribution in [0, 0.1) is 27.7 Å². The average molecular weight is 389 g/mol. The number of sulfonamides is 1. The predicted molar refractivity (Wildman–Crippen MR) is 108 cm³/mol. The van der Waals surface area contributed by atoms with Crippen LogP contribution in [0.4, 0.5) is 0 Å². The van der Waals surface area contributed by atoms with Crippen molar-refractivity contribution in [3.8, 4) is 0 Å². The van der Waals surface area contributed by atoms with E-state index in [1.165, 1.54) is 5.56 Å². The molecule has 0 spiro atoms. The number of benzene rings is 2. The van der Waals surface area contributed by atoms with Crippen molar-refractivity contribution in [1.82, 2.24) is 9.62 Å². The second-order valence-electron chi connectivity index (χ2n) is 7.07. The number of nitrogens with one attached hydrogen (secondary N) is 1. The molecule has 0 fully saturated rings. The lowest BCUT2D eigenvalue weighted by Gasteiger charge is -2.19. The minimum Gasteiger partial charge on any atom is -0.341 e. The van der Waals surface area contributed by atoms with Gasteiger partial charge in [0.2, 0.25) is 15.9 Å². The lowest BCUT2D eigenvalue weighted by Crippen LogP contribution is -2.32. The minimum atomic E-state index is -3.61. The zero-order valence-electron chi connectivity index (χ0n) is 16.7. The van der Waals surface area contributed by atoms with Gasteiger partial charge in [-0.25, -0.2) is 13.1 Å². The Morgan fingerprint density at radius 1 is 0.963 bits per heavy atom. The monoisotopic (exact) mass is 388 g/mol. The third-order valence-electron chi connectivity index (χ3n) is 4.75. The van der Waals surface area contributed by atoms with E-state index < -0.39 is 10.0 Å². The van der Waals surface area contributed by atoms with Crippen molar-refractivity contribution in [2.24, 2.45) is 0 Å². The SMILES string of the molecule is Cc1ccc(CN(C)C(=O)CCNS(=O)(=O)c2ccc(C)c(C)c2)c(C)c1.